The lowest BCUT2D eigenvalue weighted by Crippen LogP contribution is -2.31. The van der Waals surface area contributed by atoms with E-state index in [0.717, 1.165) is 0 Å². The third kappa shape index (κ3) is 4.25. The van der Waals surface area contributed by atoms with Crippen molar-refractivity contribution >= 4 is 34.7 Å². The number of thiophene rings is 1. The molecule has 7 nitrogen and oxygen atoms in total. The average Bonchev–Trinajstić information content (AvgIpc) is 3.41. The second-order valence-electron chi connectivity index (χ2n) is 7.74. The number of nitrogens with zero attached hydrogens (tertiary/aromatic N) is 1. The maximum atomic E-state index is 13.3. The fourth-order valence-electron chi connectivity index (χ4n) is 3.68. The Bertz CT molecular complexity index is 1240. The van der Waals surface area contributed by atoms with E-state index in [0.29, 0.717) is 16.1 Å². The molecule has 8 heteroatoms. The number of hydrogen-bond acceptors (Lipinski definition) is 7. The van der Waals surface area contributed by atoms with Gasteiger partial charge in [0.25, 0.3) is 5.91 Å². The summed E-state index contributed by atoms with van der Waals surface area (Å²) in [5.74, 6) is -2.41. The number of esters is 1. The van der Waals surface area contributed by atoms with Gasteiger partial charge in [-0.15, -0.1) is 11.3 Å². The van der Waals surface area contributed by atoms with Crippen molar-refractivity contribution in [3.8, 4) is 5.75 Å². The van der Waals surface area contributed by atoms with Crippen molar-refractivity contribution in [3.63, 3.8) is 0 Å². The third-order valence-electron chi connectivity index (χ3n) is 5.11. The molecule has 2 aromatic carbocycles. The first-order valence-corrected chi connectivity index (χ1v) is 11.1. The lowest BCUT2D eigenvalue weighted by Gasteiger charge is -2.27. The van der Waals surface area contributed by atoms with Crippen LogP contribution in [0.1, 0.15) is 45.5 Å². The number of aliphatic hydroxyl groups excluding tert-OH is 1. The van der Waals surface area contributed by atoms with Crippen LogP contribution < -0.4 is 4.90 Å². The van der Waals surface area contributed by atoms with Gasteiger partial charge in [0.05, 0.1) is 28.2 Å². The summed E-state index contributed by atoms with van der Waals surface area (Å²) in [5, 5.41) is 22.2. The van der Waals surface area contributed by atoms with Crippen molar-refractivity contribution in [2.45, 2.75) is 26.0 Å². The van der Waals surface area contributed by atoms with Crippen molar-refractivity contribution in [3.05, 3.63) is 93.4 Å². The molecule has 1 aliphatic heterocycles. The minimum atomic E-state index is -0.955. The van der Waals surface area contributed by atoms with Gasteiger partial charge in [-0.2, -0.15) is 0 Å². The summed E-state index contributed by atoms with van der Waals surface area (Å²) in [6.45, 7) is 3.47. The van der Waals surface area contributed by atoms with E-state index in [2.05, 4.69) is 0 Å². The van der Waals surface area contributed by atoms with E-state index in [1.54, 1.807) is 61.7 Å². The number of carbonyl (C=O) groups is 3. The average molecular weight is 464 g/mol. The van der Waals surface area contributed by atoms with Crippen molar-refractivity contribution in [2.75, 3.05) is 4.90 Å². The quantitative estimate of drug-likeness (QED) is 0.402. The standard InChI is InChI=1S/C25H21NO6S/c1-14(2)32-25(31)16-5-3-6-17(13-16)26-21(15-8-10-18(27)11-9-15)20(23(29)24(26)30)22(28)19-7-4-12-33-19/h3-14,21,27,29H,1-2H3. The van der Waals surface area contributed by atoms with Crippen LogP contribution in [-0.2, 0) is 9.53 Å². The lowest BCUT2D eigenvalue weighted by atomic mass is 9.95. The molecule has 0 aliphatic carbocycles. The lowest BCUT2D eigenvalue weighted by molar-refractivity contribution is -0.117. The number of phenolic OH excluding ortho intramolecular Hbond substituents is 1. The maximum Gasteiger partial charge on any atom is 0.338 e. The van der Waals surface area contributed by atoms with Gasteiger partial charge in [-0.1, -0.05) is 24.3 Å². The predicted octanol–water partition coefficient (Wildman–Crippen LogP) is 4.80. The van der Waals surface area contributed by atoms with Crippen LogP contribution in [0.3, 0.4) is 0 Å². The monoisotopic (exact) mass is 463 g/mol. The molecule has 1 aliphatic rings. The number of aromatic hydroxyl groups is 1. The van der Waals surface area contributed by atoms with E-state index in [1.165, 1.54) is 34.4 Å². The van der Waals surface area contributed by atoms with Gasteiger partial charge >= 0.3 is 5.97 Å². The predicted molar refractivity (Wildman–Crippen MR) is 124 cm³/mol. The summed E-state index contributed by atoms with van der Waals surface area (Å²) in [5.41, 5.74) is 0.997. The van der Waals surface area contributed by atoms with Crippen molar-refractivity contribution in [1.82, 2.24) is 0 Å². The van der Waals surface area contributed by atoms with Crippen molar-refractivity contribution in [1.29, 1.82) is 0 Å². The molecule has 0 fully saturated rings. The van der Waals surface area contributed by atoms with Crippen molar-refractivity contribution in [2.24, 2.45) is 0 Å². The number of ketones is 1. The third-order valence-corrected chi connectivity index (χ3v) is 5.98. The van der Waals surface area contributed by atoms with Crippen LogP contribution in [0.2, 0.25) is 0 Å². The number of rotatable bonds is 6. The van der Waals surface area contributed by atoms with Gasteiger partial charge < -0.3 is 14.9 Å². The van der Waals surface area contributed by atoms with Gasteiger partial charge in [0.2, 0.25) is 5.78 Å². The summed E-state index contributed by atoms with van der Waals surface area (Å²) in [4.78, 5) is 40.6. The SMILES string of the molecule is CC(C)OC(=O)c1cccc(N2C(=O)C(O)=C(C(=O)c3cccs3)C2c2ccc(O)cc2)c1. The number of benzene rings is 2. The number of ether oxygens (including phenoxy) is 1. The van der Waals surface area contributed by atoms with Crippen LogP contribution in [-0.4, -0.2) is 34.0 Å². The molecule has 2 N–H and O–H groups in total. The highest BCUT2D eigenvalue weighted by Gasteiger charge is 2.45. The number of hydrogen-bond donors (Lipinski definition) is 2. The molecule has 0 radical (unpaired) electrons. The van der Waals surface area contributed by atoms with E-state index < -0.39 is 29.5 Å². The summed E-state index contributed by atoms with van der Waals surface area (Å²) in [6, 6.07) is 14.7. The van der Waals surface area contributed by atoms with Crippen LogP contribution in [0, 0.1) is 0 Å². The molecular formula is C25H21NO6S. The van der Waals surface area contributed by atoms with Gasteiger partial charge in [-0.05, 0) is 61.2 Å². The molecule has 33 heavy (non-hydrogen) atoms. The fraction of sp³-hybridized carbons (Fsp3) is 0.160. The molecule has 0 spiro atoms. The highest BCUT2D eigenvalue weighted by atomic mass is 32.1. The molecule has 3 aromatic rings. The molecule has 1 unspecified atom stereocenters. The Morgan fingerprint density at radius 2 is 1.76 bits per heavy atom. The van der Waals surface area contributed by atoms with Crippen LogP contribution in [0.4, 0.5) is 5.69 Å². The molecule has 1 atom stereocenters. The Hall–Kier alpha value is -3.91. The number of phenols is 1. The van der Waals surface area contributed by atoms with Crippen LogP contribution in [0.25, 0.3) is 0 Å². The maximum absolute atomic E-state index is 13.3. The first-order chi connectivity index (χ1) is 15.8. The smallest absolute Gasteiger partial charge is 0.338 e. The minimum Gasteiger partial charge on any atom is -0.508 e. The zero-order chi connectivity index (χ0) is 23.7. The highest BCUT2D eigenvalue weighted by molar-refractivity contribution is 7.12. The Kier molecular flexibility index (Phi) is 6.02. The Labute approximate surface area is 194 Å². The molecule has 1 amide bonds. The largest absolute Gasteiger partial charge is 0.508 e. The van der Waals surface area contributed by atoms with Crippen LogP contribution in [0.5, 0.6) is 5.75 Å². The first-order valence-electron chi connectivity index (χ1n) is 10.2. The minimum absolute atomic E-state index is 0.0207. The van der Waals surface area contributed by atoms with Gasteiger partial charge in [0, 0.05) is 5.69 Å². The number of amides is 1. The van der Waals surface area contributed by atoms with Gasteiger partial charge in [0.15, 0.2) is 5.76 Å². The van der Waals surface area contributed by atoms with E-state index in [1.807, 2.05) is 0 Å². The molecule has 168 valence electrons. The van der Waals surface area contributed by atoms with E-state index >= 15 is 0 Å². The summed E-state index contributed by atoms with van der Waals surface area (Å²) in [7, 11) is 0. The van der Waals surface area contributed by atoms with E-state index in [-0.39, 0.29) is 23.0 Å². The number of Topliss-reactive ketones (excluding diaryl/α,β-unsaturated/α-hetero) is 1. The Morgan fingerprint density at radius 1 is 1.03 bits per heavy atom. The molecule has 0 saturated heterocycles. The second-order valence-corrected chi connectivity index (χ2v) is 8.69. The summed E-state index contributed by atoms with van der Waals surface area (Å²) >= 11 is 1.20. The molecule has 0 bridgehead atoms. The first kappa shape index (κ1) is 22.3. The summed E-state index contributed by atoms with van der Waals surface area (Å²) in [6.07, 6.45) is -0.319. The van der Waals surface area contributed by atoms with Crippen LogP contribution >= 0.6 is 11.3 Å². The number of aliphatic hydroxyl groups is 1. The zero-order valence-corrected chi connectivity index (χ0v) is 18.7. The molecule has 1 aromatic heterocycles. The topological polar surface area (TPSA) is 104 Å². The Balaban J connectivity index is 1.83. The van der Waals surface area contributed by atoms with E-state index in [9.17, 15) is 24.6 Å². The van der Waals surface area contributed by atoms with E-state index in [4.69, 9.17) is 4.74 Å². The number of anilines is 1. The molecular weight excluding hydrogens is 442 g/mol. The van der Waals surface area contributed by atoms with Gasteiger partial charge in [-0.25, -0.2) is 4.79 Å². The molecule has 4 rings (SSSR count). The van der Waals surface area contributed by atoms with Crippen molar-refractivity contribution < 1.29 is 29.3 Å². The van der Waals surface area contributed by atoms with Gasteiger partial charge in [-0.3, -0.25) is 14.5 Å². The summed E-state index contributed by atoms with van der Waals surface area (Å²) < 4.78 is 5.25. The second kappa shape index (κ2) is 8.91. The van der Waals surface area contributed by atoms with Gasteiger partial charge in [0.1, 0.15) is 5.75 Å². The molecule has 2 heterocycles. The zero-order valence-electron chi connectivity index (χ0n) is 17.9. The molecule has 0 saturated carbocycles. The van der Waals surface area contributed by atoms with Crippen LogP contribution in [0.15, 0.2) is 77.4 Å². The Morgan fingerprint density at radius 3 is 2.39 bits per heavy atom. The number of carbonyl (C=O) groups excluding carboxylic acids is 3. The highest BCUT2D eigenvalue weighted by Crippen LogP contribution is 2.42. The normalized spacial score (nSPS) is 15.9. The fourth-order valence-corrected chi connectivity index (χ4v) is 4.36.